The number of hydrogen-bond acceptors (Lipinski definition) is 4. The molecule has 164 valence electrons. The van der Waals surface area contributed by atoms with Crippen molar-refractivity contribution in [1.29, 1.82) is 0 Å². The minimum Gasteiger partial charge on any atom is -0.360 e. The average Bonchev–Trinajstić information content (AvgIpc) is 3.20. The third-order valence-electron chi connectivity index (χ3n) is 5.32. The topological polar surface area (TPSA) is 105 Å². The predicted octanol–water partition coefficient (Wildman–Crippen LogP) is 4.23. The van der Waals surface area contributed by atoms with Gasteiger partial charge in [0.1, 0.15) is 0 Å². The zero-order chi connectivity index (χ0) is 22.7. The largest absolute Gasteiger partial charge is 0.360 e. The van der Waals surface area contributed by atoms with Gasteiger partial charge in [-0.25, -0.2) is 13.6 Å². The minimum absolute atomic E-state index is 0.0608. The number of carbonyl (C=O) groups is 1. The first-order chi connectivity index (χ1) is 15.3. The van der Waals surface area contributed by atoms with Gasteiger partial charge in [0, 0.05) is 34.2 Å². The smallest absolute Gasteiger partial charge is 0.238 e. The number of sulfonamides is 1. The molecular weight excluding hydrogens is 446 g/mol. The molecule has 32 heavy (non-hydrogen) atoms. The van der Waals surface area contributed by atoms with Gasteiger partial charge in [-0.1, -0.05) is 54.1 Å². The normalized spacial score (nSPS) is 12.7. The van der Waals surface area contributed by atoms with Crippen molar-refractivity contribution in [3.63, 3.8) is 0 Å². The number of H-pyrrole nitrogens is 1. The number of nitrogens with two attached hydrogens (primary N) is 1. The predicted molar refractivity (Wildman–Crippen MR) is 126 cm³/mol. The second-order valence-corrected chi connectivity index (χ2v) is 9.49. The van der Waals surface area contributed by atoms with Gasteiger partial charge in [-0.3, -0.25) is 4.79 Å². The number of rotatable bonds is 8. The molecule has 0 amide bonds. The summed E-state index contributed by atoms with van der Waals surface area (Å²) >= 11 is 6.15. The standard InChI is InChI=1S/C24H22ClN3O3S/c25-18-8-11-22-20(14-18)21(15-28-22)24(29)23(17-4-2-1-3-5-17)27-13-12-16-6-9-19(10-7-16)32(26,30)31/h1-11,14-15,23,27-28H,12-13H2,(H2,26,30,31). The van der Waals surface area contributed by atoms with Crippen LogP contribution in [0.1, 0.15) is 27.5 Å². The van der Waals surface area contributed by atoms with Crippen molar-refractivity contribution in [2.45, 2.75) is 17.4 Å². The Morgan fingerprint density at radius 3 is 2.44 bits per heavy atom. The van der Waals surface area contributed by atoms with E-state index in [1.165, 1.54) is 12.1 Å². The van der Waals surface area contributed by atoms with E-state index >= 15 is 0 Å². The lowest BCUT2D eigenvalue weighted by molar-refractivity contribution is 0.0945. The van der Waals surface area contributed by atoms with Crippen molar-refractivity contribution in [2.75, 3.05) is 6.54 Å². The molecule has 1 atom stereocenters. The number of carbonyl (C=O) groups excluding carboxylic acids is 1. The third-order valence-corrected chi connectivity index (χ3v) is 6.48. The van der Waals surface area contributed by atoms with Gasteiger partial charge >= 0.3 is 0 Å². The Labute approximate surface area is 191 Å². The van der Waals surface area contributed by atoms with Gasteiger partial charge in [0.25, 0.3) is 0 Å². The molecule has 1 aromatic heterocycles. The number of Topliss-reactive ketones (excluding diaryl/α,β-unsaturated/α-hetero) is 1. The maximum absolute atomic E-state index is 13.5. The summed E-state index contributed by atoms with van der Waals surface area (Å²) in [5, 5.41) is 9.86. The summed E-state index contributed by atoms with van der Waals surface area (Å²) in [5.41, 5.74) is 3.21. The molecule has 1 heterocycles. The second-order valence-electron chi connectivity index (χ2n) is 7.49. The number of aromatic amines is 1. The summed E-state index contributed by atoms with van der Waals surface area (Å²) in [6.45, 7) is 0.517. The molecule has 6 nitrogen and oxygen atoms in total. The highest BCUT2D eigenvalue weighted by Crippen LogP contribution is 2.27. The van der Waals surface area contributed by atoms with E-state index in [1.54, 1.807) is 30.5 Å². The number of halogens is 1. The van der Waals surface area contributed by atoms with E-state index in [1.807, 2.05) is 36.4 Å². The van der Waals surface area contributed by atoms with Crippen LogP contribution in [0, 0.1) is 0 Å². The van der Waals surface area contributed by atoms with Crippen molar-refractivity contribution < 1.29 is 13.2 Å². The molecule has 0 bridgehead atoms. The number of benzene rings is 3. The Hall–Kier alpha value is -2.97. The lowest BCUT2D eigenvalue weighted by Crippen LogP contribution is -2.30. The van der Waals surface area contributed by atoms with Crippen LogP contribution < -0.4 is 10.5 Å². The van der Waals surface area contributed by atoms with Gasteiger partial charge in [0.05, 0.1) is 10.9 Å². The van der Waals surface area contributed by atoms with Gasteiger partial charge in [0.15, 0.2) is 5.78 Å². The first-order valence-corrected chi connectivity index (χ1v) is 12.0. The van der Waals surface area contributed by atoms with Gasteiger partial charge in [-0.05, 0) is 47.9 Å². The second kappa shape index (κ2) is 9.26. The molecular formula is C24H22ClN3O3S. The quantitative estimate of drug-likeness (QED) is 0.337. The SMILES string of the molecule is NS(=O)(=O)c1ccc(CCNC(C(=O)c2c[nH]c3ccc(Cl)cc23)c2ccccc2)cc1. The third kappa shape index (κ3) is 4.92. The molecule has 8 heteroatoms. The molecule has 4 rings (SSSR count). The first-order valence-electron chi connectivity index (χ1n) is 10.0. The Bertz CT molecular complexity index is 1350. The summed E-state index contributed by atoms with van der Waals surface area (Å²) in [4.78, 5) is 16.7. The van der Waals surface area contributed by atoms with Crippen LogP contribution in [0.4, 0.5) is 0 Å². The van der Waals surface area contributed by atoms with Gasteiger partial charge in [-0.15, -0.1) is 0 Å². The van der Waals surface area contributed by atoms with Crippen molar-refractivity contribution in [1.82, 2.24) is 10.3 Å². The number of hydrogen-bond donors (Lipinski definition) is 3. The van der Waals surface area contributed by atoms with Crippen LogP contribution in [0.3, 0.4) is 0 Å². The van der Waals surface area contributed by atoms with Crippen LogP contribution in [0.2, 0.25) is 5.02 Å². The molecule has 4 N–H and O–H groups in total. The molecule has 0 fully saturated rings. The highest BCUT2D eigenvalue weighted by atomic mass is 35.5. The zero-order valence-electron chi connectivity index (χ0n) is 17.1. The first kappa shape index (κ1) is 22.2. The van der Waals surface area contributed by atoms with Crippen LogP contribution in [-0.2, 0) is 16.4 Å². The van der Waals surface area contributed by atoms with E-state index < -0.39 is 16.1 Å². The zero-order valence-corrected chi connectivity index (χ0v) is 18.7. The molecule has 1 unspecified atom stereocenters. The van der Waals surface area contributed by atoms with E-state index in [0.29, 0.717) is 23.6 Å². The Balaban J connectivity index is 1.55. The van der Waals surface area contributed by atoms with Gasteiger partial charge < -0.3 is 10.3 Å². The van der Waals surface area contributed by atoms with Crippen LogP contribution in [0.15, 0.2) is 83.9 Å². The summed E-state index contributed by atoms with van der Waals surface area (Å²) < 4.78 is 22.8. The van der Waals surface area contributed by atoms with Crippen molar-refractivity contribution >= 4 is 38.3 Å². The number of nitrogens with one attached hydrogen (secondary N) is 2. The average molecular weight is 468 g/mol. The van der Waals surface area contributed by atoms with E-state index in [9.17, 15) is 13.2 Å². The molecule has 3 aromatic carbocycles. The van der Waals surface area contributed by atoms with Crippen molar-refractivity contribution in [2.24, 2.45) is 5.14 Å². The van der Waals surface area contributed by atoms with Crippen LogP contribution >= 0.6 is 11.6 Å². The number of fused-ring (bicyclic) bond motifs is 1. The molecule has 0 spiro atoms. The maximum atomic E-state index is 13.5. The molecule has 0 aliphatic carbocycles. The van der Waals surface area contributed by atoms with Crippen LogP contribution in [0.5, 0.6) is 0 Å². The highest BCUT2D eigenvalue weighted by Gasteiger charge is 2.24. The van der Waals surface area contributed by atoms with Crippen molar-refractivity contribution in [3.05, 3.63) is 101 Å². The molecule has 4 aromatic rings. The summed E-state index contributed by atoms with van der Waals surface area (Å²) in [5.74, 6) is -0.0608. The van der Waals surface area contributed by atoms with E-state index in [2.05, 4.69) is 10.3 Å². The molecule has 0 saturated carbocycles. The molecule has 0 aliphatic rings. The summed E-state index contributed by atoms with van der Waals surface area (Å²) in [6.07, 6.45) is 2.33. The summed E-state index contributed by atoms with van der Waals surface area (Å²) in [6, 6.07) is 20.8. The Kier molecular flexibility index (Phi) is 6.43. The lowest BCUT2D eigenvalue weighted by Gasteiger charge is -2.18. The van der Waals surface area contributed by atoms with Crippen LogP contribution in [0.25, 0.3) is 10.9 Å². The monoisotopic (exact) mass is 467 g/mol. The Morgan fingerprint density at radius 1 is 1.03 bits per heavy atom. The number of primary sulfonamides is 1. The van der Waals surface area contributed by atoms with E-state index in [4.69, 9.17) is 16.7 Å². The fourth-order valence-electron chi connectivity index (χ4n) is 3.67. The van der Waals surface area contributed by atoms with E-state index in [-0.39, 0.29) is 10.7 Å². The highest BCUT2D eigenvalue weighted by molar-refractivity contribution is 7.89. The van der Waals surface area contributed by atoms with E-state index in [0.717, 1.165) is 22.0 Å². The van der Waals surface area contributed by atoms with Crippen LogP contribution in [-0.4, -0.2) is 25.7 Å². The lowest BCUT2D eigenvalue weighted by atomic mass is 9.96. The minimum atomic E-state index is -3.72. The molecule has 0 aliphatic heterocycles. The van der Waals surface area contributed by atoms with Gasteiger partial charge in [-0.2, -0.15) is 0 Å². The van der Waals surface area contributed by atoms with Crippen molar-refractivity contribution in [3.8, 4) is 0 Å². The fraction of sp³-hybridized carbons (Fsp3) is 0.125. The fourth-order valence-corrected chi connectivity index (χ4v) is 4.35. The molecule has 0 radical (unpaired) electrons. The Morgan fingerprint density at radius 2 is 1.75 bits per heavy atom. The maximum Gasteiger partial charge on any atom is 0.238 e. The number of ketones is 1. The van der Waals surface area contributed by atoms with Gasteiger partial charge in [0.2, 0.25) is 10.0 Å². The molecule has 0 saturated heterocycles. The summed E-state index contributed by atoms with van der Waals surface area (Å²) in [7, 11) is -3.72. The number of aromatic nitrogens is 1.